The molecule has 0 radical (unpaired) electrons. The van der Waals surface area contributed by atoms with Crippen LogP contribution in [-0.2, 0) is 21.3 Å². The number of benzene rings is 1. The number of hydrogen-bond donors (Lipinski definition) is 0. The molecule has 0 N–H and O–H groups in total. The summed E-state index contributed by atoms with van der Waals surface area (Å²) in [6.07, 6.45) is 0. The summed E-state index contributed by atoms with van der Waals surface area (Å²) in [4.78, 5) is 0. The predicted molar refractivity (Wildman–Crippen MR) is 68.2 cm³/mol. The molecule has 0 aliphatic carbocycles. The second kappa shape index (κ2) is 6.74. The second-order valence-electron chi connectivity index (χ2n) is 3.72. The Morgan fingerprint density at radius 2 is 1.88 bits per heavy atom. The zero-order valence-electron chi connectivity index (χ0n) is 10.3. The minimum absolute atomic E-state index is 0.0319. The van der Waals surface area contributed by atoms with Gasteiger partial charge in [0.25, 0.3) is 0 Å². The van der Waals surface area contributed by atoms with Crippen molar-refractivity contribution in [3.8, 4) is 0 Å². The van der Waals surface area contributed by atoms with E-state index in [1.165, 1.54) is 11.4 Å². The quantitative estimate of drug-likeness (QED) is 0.743. The Bertz CT molecular complexity index is 417. The number of methoxy groups -OCH3 is 1. The SMILES string of the molecule is CCN(Cc1ccccc1)S(=O)(=O)CCOC. The summed E-state index contributed by atoms with van der Waals surface area (Å²) in [5.41, 5.74) is 0.996. The molecular formula is C12H19NO3S. The molecule has 4 nitrogen and oxygen atoms in total. The van der Waals surface area contributed by atoms with Crippen LogP contribution in [0.1, 0.15) is 12.5 Å². The molecule has 0 aliphatic rings. The second-order valence-corrected chi connectivity index (χ2v) is 5.81. The molecule has 1 rings (SSSR count). The highest BCUT2D eigenvalue weighted by Gasteiger charge is 2.19. The molecule has 1 aromatic carbocycles. The van der Waals surface area contributed by atoms with Gasteiger partial charge in [0.2, 0.25) is 10.0 Å². The number of ether oxygens (including phenoxy) is 1. The summed E-state index contributed by atoms with van der Waals surface area (Å²) in [5.74, 6) is 0.0319. The van der Waals surface area contributed by atoms with Crippen LogP contribution in [0.15, 0.2) is 30.3 Å². The molecule has 17 heavy (non-hydrogen) atoms. The smallest absolute Gasteiger partial charge is 0.216 e. The van der Waals surface area contributed by atoms with Crippen molar-refractivity contribution in [3.63, 3.8) is 0 Å². The third-order valence-electron chi connectivity index (χ3n) is 2.49. The molecule has 5 heteroatoms. The molecule has 0 aliphatic heterocycles. The summed E-state index contributed by atoms with van der Waals surface area (Å²) in [5, 5.41) is 0. The lowest BCUT2D eigenvalue weighted by atomic mass is 10.2. The molecule has 0 atom stereocenters. The summed E-state index contributed by atoms with van der Waals surface area (Å²) in [6, 6.07) is 9.58. The molecule has 0 saturated heterocycles. The van der Waals surface area contributed by atoms with Gasteiger partial charge in [0, 0.05) is 20.2 Å². The molecule has 0 saturated carbocycles. The number of rotatable bonds is 7. The Morgan fingerprint density at radius 1 is 1.24 bits per heavy atom. The third-order valence-corrected chi connectivity index (χ3v) is 4.35. The maximum absolute atomic E-state index is 12.0. The van der Waals surface area contributed by atoms with Crippen molar-refractivity contribution in [2.45, 2.75) is 13.5 Å². The molecule has 0 aromatic heterocycles. The average Bonchev–Trinajstić information content (AvgIpc) is 2.34. The van der Waals surface area contributed by atoms with Crippen LogP contribution in [0.4, 0.5) is 0 Å². The summed E-state index contributed by atoms with van der Waals surface area (Å²) in [6.45, 7) is 2.96. The molecule has 0 amide bonds. The first-order valence-electron chi connectivity index (χ1n) is 5.61. The number of sulfonamides is 1. The monoisotopic (exact) mass is 257 g/mol. The van der Waals surface area contributed by atoms with Gasteiger partial charge >= 0.3 is 0 Å². The molecule has 0 bridgehead atoms. The lowest BCUT2D eigenvalue weighted by Crippen LogP contribution is -2.33. The van der Waals surface area contributed by atoms with Crippen LogP contribution in [0.3, 0.4) is 0 Å². The highest BCUT2D eigenvalue weighted by Crippen LogP contribution is 2.09. The van der Waals surface area contributed by atoms with E-state index in [9.17, 15) is 8.42 Å². The predicted octanol–water partition coefficient (Wildman–Crippen LogP) is 1.48. The van der Waals surface area contributed by atoms with E-state index in [1.807, 2.05) is 37.3 Å². The Hall–Kier alpha value is -0.910. The molecule has 0 fully saturated rings. The van der Waals surface area contributed by atoms with E-state index in [0.717, 1.165) is 5.56 Å². The van der Waals surface area contributed by atoms with Crippen LogP contribution in [0.25, 0.3) is 0 Å². The third kappa shape index (κ3) is 4.46. The van der Waals surface area contributed by atoms with Crippen LogP contribution < -0.4 is 0 Å². The molecule has 1 aromatic rings. The van der Waals surface area contributed by atoms with Crippen LogP contribution >= 0.6 is 0 Å². The Balaban J connectivity index is 2.72. The molecule has 0 heterocycles. The van der Waals surface area contributed by atoms with Gasteiger partial charge in [-0.1, -0.05) is 37.3 Å². The van der Waals surface area contributed by atoms with Gasteiger partial charge in [-0.15, -0.1) is 0 Å². The van der Waals surface area contributed by atoms with Crippen LogP contribution in [0, 0.1) is 0 Å². The maximum Gasteiger partial charge on any atom is 0.216 e. The van der Waals surface area contributed by atoms with E-state index >= 15 is 0 Å². The Labute approximate surface area is 103 Å². The van der Waals surface area contributed by atoms with E-state index in [0.29, 0.717) is 13.1 Å². The summed E-state index contributed by atoms with van der Waals surface area (Å²) in [7, 11) is -1.72. The fraction of sp³-hybridized carbons (Fsp3) is 0.500. The lowest BCUT2D eigenvalue weighted by molar-refractivity contribution is 0.215. The van der Waals surface area contributed by atoms with Gasteiger partial charge in [-0.25, -0.2) is 8.42 Å². The molecule has 0 unspecified atom stereocenters. The van der Waals surface area contributed by atoms with E-state index in [2.05, 4.69) is 0 Å². The van der Waals surface area contributed by atoms with Crippen molar-refractivity contribution in [1.29, 1.82) is 0 Å². The first kappa shape index (κ1) is 14.2. The first-order valence-corrected chi connectivity index (χ1v) is 7.21. The zero-order valence-corrected chi connectivity index (χ0v) is 11.1. The normalized spacial score (nSPS) is 11.9. The van der Waals surface area contributed by atoms with Crippen LogP contribution in [0.5, 0.6) is 0 Å². The van der Waals surface area contributed by atoms with Crippen molar-refractivity contribution in [2.24, 2.45) is 0 Å². The van der Waals surface area contributed by atoms with Gasteiger partial charge in [-0.2, -0.15) is 4.31 Å². The number of hydrogen-bond acceptors (Lipinski definition) is 3. The molecule has 96 valence electrons. The average molecular weight is 257 g/mol. The highest BCUT2D eigenvalue weighted by atomic mass is 32.2. The van der Waals surface area contributed by atoms with Gasteiger partial charge in [0.15, 0.2) is 0 Å². The zero-order chi connectivity index (χ0) is 12.7. The van der Waals surface area contributed by atoms with E-state index in [-0.39, 0.29) is 12.4 Å². The van der Waals surface area contributed by atoms with Crippen molar-refractivity contribution < 1.29 is 13.2 Å². The fourth-order valence-corrected chi connectivity index (χ4v) is 2.89. The standard InChI is InChI=1S/C12H19NO3S/c1-3-13(17(14,15)10-9-16-2)11-12-7-5-4-6-8-12/h4-8H,3,9-11H2,1-2H3. The largest absolute Gasteiger partial charge is 0.384 e. The van der Waals surface area contributed by atoms with Crippen molar-refractivity contribution in [1.82, 2.24) is 4.31 Å². The van der Waals surface area contributed by atoms with E-state index in [1.54, 1.807) is 0 Å². The first-order chi connectivity index (χ1) is 8.10. The Morgan fingerprint density at radius 3 is 2.41 bits per heavy atom. The minimum Gasteiger partial charge on any atom is -0.384 e. The summed E-state index contributed by atoms with van der Waals surface area (Å²) < 4.78 is 30.2. The van der Waals surface area contributed by atoms with E-state index in [4.69, 9.17) is 4.74 Å². The van der Waals surface area contributed by atoms with Crippen molar-refractivity contribution in [3.05, 3.63) is 35.9 Å². The minimum atomic E-state index is -3.22. The highest BCUT2D eigenvalue weighted by molar-refractivity contribution is 7.89. The summed E-state index contributed by atoms with van der Waals surface area (Å²) >= 11 is 0. The Kier molecular flexibility index (Phi) is 5.61. The van der Waals surface area contributed by atoms with Crippen LogP contribution in [0.2, 0.25) is 0 Å². The van der Waals surface area contributed by atoms with Gasteiger partial charge in [0.1, 0.15) is 0 Å². The van der Waals surface area contributed by atoms with Crippen molar-refractivity contribution in [2.75, 3.05) is 26.0 Å². The van der Waals surface area contributed by atoms with E-state index < -0.39 is 10.0 Å². The molecular weight excluding hydrogens is 238 g/mol. The van der Waals surface area contributed by atoms with Crippen LogP contribution in [-0.4, -0.2) is 38.7 Å². The van der Waals surface area contributed by atoms with Gasteiger partial charge in [0.05, 0.1) is 12.4 Å². The van der Waals surface area contributed by atoms with Crippen molar-refractivity contribution >= 4 is 10.0 Å². The van der Waals surface area contributed by atoms with Gasteiger partial charge in [-0.05, 0) is 5.56 Å². The lowest BCUT2D eigenvalue weighted by Gasteiger charge is -2.20. The van der Waals surface area contributed by atoms with Gasteiger partial charge in [-0.3, -0.25) is 0 Å². The topological polar surface area (TPSA) is 46.6 Å². The maximum atomic E-state index is 12.0. The molecule has 0 spiro atoms. The fourth-order valence-electron chi connectivity index (χ4n) is 1.51. The van der Waals surface area contributed by atoms with Gasteiger partial charge < -0.3 is 4.74 Å². The number of nitrogens with zero attached hydrogens (tertiary/aromatic N) is 1.